The van der Waals surface area contributed by atoms with Crippen LogP contribution in [0.3, 0.4) is 0 Å². The quantitative estimate of drug-likeness (QED) is 0.888. The highest BCUT2D eigenvalue weighted by atomic mass is 35.5. The van der Waals surface area contributed by atoms with Crippen molar-refractivity contribution in [3.63, 3.8) is 0 Å². The van der Waals surface area contributed by atoms with E-state index in [9.17, 15) is 0 Å². The van der Waals surface area contributed by atoms with Gasteiger partial charge in [-0.2, -0.15) is 0 Å². The number of aromatic nitrogens is 2. The number of hydrogen-bond acceptors (Lipinski definition) is 2. The lowest BCUT2D eigenvalue weighted by Gasteiger charge is -2.17. The van der Waals surface area contributed by atoms with Crippen LogP contribution in [0.2, 0.25) is 5.02 Å². The molecule has 110 valence electrons. The van der Waals surface area contributed by atoms with Crippen molar-refractivity contribution in [2.24, 2.45) is 17.6 Å². The van der Waals surface area contributed by atoms with Crippen LogP contribution in [0.1, 0.15) is 46.0 Å². The first-order chi connectivity index (χ1) is 9.38. The van der Waals surface area contributed by atoms with Gasteiger partial charge in [0.25, 0.3) is 0 Å². The smallest absolute Gasteiger partial charge is 0.126 e. The number of nitrogens with two attached hydrogens (primary N) is 1. The molecule has 4 heteroatoms. The van der Waals surface area contributed by atoms with E-state index in [0.29, 0.717) is 11.8 Å². The van der Waals surface area contributed by atoms with Gasteiger partial charge in [-0.15, -0.1) is 0 Å². The summed E-state index contributed by atoms with van der Waals surface area (Å²) in [6.45, 7) is 9.72. The second-order valence-electron chi connectivity index (χ2n) is 6.34. The molecule has 20 heavy (non-hydrogen) atoms. The second kappa shape index (κ2) is 6.15. The zero-order valence-corrected chi connectivity index (χ0v) is 13.5. The maximum atomic E-state index is 6.36. The summed E-state index contributed by atoms with van der Waals surface area (Å²) >= 11 is 6.07. The molecule has 0 saturated carbocycles. The third-order valence-electron chi connectivity index (χ3n) is 3.34. The minimum atomic E-state index is -0.0278. The van der Waals surface area contributed by atoms with E-state index in [-0.39, 0.29) is 6.04 Å². The van der Waals surface area contributed by atoms with Gasteiger partial charge in [0.2, 0.25) is 0 Å². The summed E-state index contributed by atoms with van der Waals surface area (Å²) in [5.74, 6) is 2.08. The molecule has 0 spiro atoms. The van der Waals surface area contributed by atoms with Gasteiger partial charge in [0, 0.05) is 11.6 Å². The van der Waals surface area contributed by atoms with Crippen LogP contribution < -0.4 is 5.73 Å². The number of imidazole rings is 1. The van der Waals surface area contributed by atoms with Gasteiger partial charge in [0.05, 0.1) is 17.1 Å². The van der Waals surface area contributed by atoms with Crippen molar-refractivity contribution in [1.29, 1.82) is 0 Å². The van der Waals surface area contributed by atoms with Crippen molar-refractivity contribution in [2.75, 3.05) is 0 Å². The zero-order valence-electron chi connectivity index (χ0n) is 12.7. The molecule has 0 aliphatic rings. The molecule has 0 aliphatic carbocycles. The largest absolute Gasteiger partial charge is 0.326 e. The monoisotopic (exact) mass is 293 g/mol. The first-order valence-corrected chi connectivity index (χ1v) is 7.67. The Labute approximate surface area is 126 Å². The Kier molecular flexibility index (Phi) is 4.71. The number of nitrogens with zero attached hydrogens (tertiary/aromatic N) is 2. The van der Waals surface area contributed by atoms with Crippen molar-refractivity contribution in [1.82, 2.24) is 9.55 Å². The van der Waals surface area contributed by atoms with Crippen molar-refractivity contribution in [2.45, 2.75) is 46.7 Å². The Bertz CT molecular complexity index is 587. The van der Waals surface area contributed by atoms with Crippen LogP contribution in [-0.4, -0.2) is 9.55 Å². The van der Waals surface area contributed by atoms with Gasteiger partial charge in [-0.3, -0.25) is 0 Å². The lowest BCUT2D eigenvalue weighted by Crippen LogP contribution is -2.20. The van der Waals surface area contributed by atoms with Crippen molar-refractivity contribution in [3.05, 3.63) is 29.0 Å². The normalized spacial score (nSPS) is 13.6. The highest BCUT2D eigenvalue weighted by Gasteiger charge is 2.18. The van der Waals surface area contributed by atoms with Gasteiger partial charge in [-0.25, -0.2) is 4.98 Å². The SMILES string of the molecule is CC(C)CC(N)c1nc2cc(Cl)ccc2n1CC(C)C. The Morgan fingerprint density at radius 1 is 1.20 bits per heavy atom. The molecule has 2 aromatic rings. The first kappa shape index (κ1) is 15.3. The highest BCUT2D eigenvalue weighted by Crippen LogP contribution is 2.26. The van der Waals surface area contributed by atoms with Crippen LogP contribution >= 0.6 is 11.6 Å². The standard InChI is InChI=1S/C16H24ClN3/c1-10(2)7-13(18)16-19-14-8-12(17)5-6-15(14)20(16)9-11(3)4/h5-6,8,10-11,13H,7,9,18H2,1-4H3. The lowest BCUT2D eigenvalue weighted by molar-refractivity contribution is 0.452. The minimum Gasteiger partial charge on any atom is -0.326 e. The Hall–Kier alpha value is -1.06. The molecule has 0 amide bonds. The number of fused-ring (bicyclic) bond motifs is 1. The third-order valence-corrected chi connectivity index (χ3v) is 3.58. The molecule has 0 aliphatic heterocycles. The van der Waals surface area contributed by atoms with Gasteiger partial charge in [-0.05, 0) is 36.5 Å². The first-order valence-electron chi connectivity index (χ1n) is 7.29. The molecule has 3 nitrogen and oxygen atoms in total. The zero-order chi connectivity index (χ0) is 14.9. The maximum absolute atomic E-state index is 6.36. The lowest BCUT2D eigenvalue weighted by atomic mass is 10.0. The van der Waals surface area contributed by atoms with Crippen LogP contribution in [-0.2, 0) is 6.54 Å². The molecule has 2 N–H and O–H groups in total. The summed E-state index contributed by atoms with van der Waals surface area (Å²) < 4.78 is 2.25. The summed E-state index contributed by atoms with van der Waals surface area (Å²) in [5.41, 5.74) is 8.42. The molecular weight excluding hydrogens is 270 g/mol. The number of hydrogen-bond donors (Lipinski definition) is 1. The molecular formula is C16H24ClN3. The fraction of sp³-hybridized carbons (Fsp3) is 0.562. The molecule has 0 saturated heterocycles. The third kappa shape index (κ3) is 3.33. The van der Waals surface area contributed by atoms with E-state index < -0.39 is 0 Å². The van der Waals surface area contributed by atoms with Crippen LogP contribution in [0.5, 0.6) is 0 Å². The molecule has 0 radical (unpaired) electrons. The average molecular weight is 294 g/mol. The van der Waals surface area contributed by atoms with E-state index in [1.54, 1.807) is 0 Å². The van der Waals surface area contributed by atoms with Crippen molar-refractivity contribution >= 4 is 22.6 Å². The van der Waals surface area contributed by atoms with E-state index in [1.807, 2.05) is 18.2 Å². The summed E-state index contributed by atoms with van der Waals surface area (Å²) in [5, 5.41) is 0.718. The van der Waals surface area contributed by atoms with Crippen molar-refractivity contribution in [3.8, 4) is 0 Å². The van der Waals surface area contributed by atoms with Gasteiger partial charge in [-0.1, -0.05) is 39.3 Å². The average Bonchev–Trinajstić information content (AvgIpc) is 2.65. The molecule has 0 fully saturated rings. The Morgan fingerprint density at radius 2 is 1.90 bits per heavy atom. The predicted molar refractivity (Wildman–Crippen MR) is 86.0 cm³/mol. The molecule has 1 aromatic heterocycles. The molecule has 1 unspecified atom stereocenters. The van der Waals surface area contributed by atoms with Gasteiger partial charge >= 0.3 is 0 Å². The van der Waals surface area contributed by atoms with Gasteiger partial charge < -0.3 is 10.3 Å². The number of rotatable bonds is 5. The van der Waals surface area contributed by atoms with E-state index in [1.165, 1.54) is 0 Å². The highest BCUT2D eigenvalue weighted by molar-refractivity contribution is 6.31. The Balaban J connectivity index is 2.50. The fourth-order valence-corrected chi connectivity index (χ4v) is 2.74. The van der Waals surface area contributed by atoms with Gasteiger partial charge in [0.15, 0.2) is 0 Å². The van der Waals surface area contributed by atoms with Crippen LogP contribution in [0.25, 0.3) is 11.0 Å². The number of halogens is 1. The summed E-state index contributed by atoms with van der Waals surface area (Å²) in [7, 11) is 0. The molecule has 1 aromatic carbocycles. The molecule has 1 atom stereocenters. The van der Waals surface area contributed by atoms with Crippen LogP contribution in [0.4, 0.5) is 0 Å². The Morgan fingerprint density at radius 3 is 2.50 bits per heavy atom. The molecule has 0 bridgehead atoms. The van der Waals surface area contributed by atoms with Gasteiger partial charge in [0.1, 0.15) is 5.82 Å². The topological polar surface area (TPSA) is 43.8 Å². The van der Waals surface area contributed by atoms with E-state index in [2.05, 4.69) is 32.3 Å². The van der Waals surface area contributed by atoms with Crippen LogP contribution in [0.15, 0.2) is 18.2 Å². The van der Waals surface area contributed by atoms with Crippen LogP contribution in [0, 0.1) is 11.8 Å². The molecule has 1 heterocycles. The van der Waals surface area contributed by atoms with E-state index >= 15 is 0 Å². The molecule has 2 rings (SSSR count). The maximum Gasteiger partial charge on any atom is 0.126 e. The van der Waals surface area contributed by atoms with E-state index in [0.717, 1.165) is 34.8 Å². The summed E-state index contributed by atoms with van der Waals surface area (Å²) in [6, 6.07) is 5.85. The second-order valence-corrected chi connectivity index (χ2v) is 6.78. The van der Waals surface area contributed by atoms with E-state index in [4.69, 9.17) is 22.3 Å². The predicted octanol–water partition coefficient (Wildman–Crippen LogP) is 4.39. The number of benzene rings is 1. The summed E-state index contributed by atoms with van der Waals surface area (Å²) in [4.78, 5) is 4.73. The summed E-state index contributed by atoms with van der Waals surface area (Å²) in [6.07, 6.45) is 0.940. The fourth-order valence-electron chi connectivity index (χ4n) is 2.57. The minimum absolute atomic E-state index is 0.0278. The van der Waals surface area contributed by atoms with Crippen molar-refractivity contribution < 1.29 is 0 Å².